The average molecular weight is 247 g/mol. The second kappa shape index (κ2) is 5.51. The maximum Gasteiger partial charge on any atom is 0.339 e. The van der Waals surface area contributed by atoms with Crippen LogP contribution in [0.25, 0.3) is 0 Å². The van der Waals surface area contributed by atoms with Crippen LogP contribution >= 0.6 is 0 Å². The number of fused-ring (bicyclic) bond motifs is 1. The molecule has 0 saturated heterocycles. The van der Waals surface area contributed by atoms with Crippen LogP contribution in [0.15, 0.2) is 6.07 Å². The van der Waals surface area contributed by atoms with Gasteiger partial charge >= 0.3 is 5.97 Å². The summed E-state index contributed by atoms with van der Waals surface area (Å²) in [5.41, 5.74) is 3.87. The Bertz CT molecular complexity index is 454. The van der Waals surface area contributed by atoms with E-state index in [0.29, 0.717) is 18.1 Å². The maximum absolute atomic E-state index is 11.8. The fourth-order valence-electron chi connectivity index (χ4n) is 2.71. The topological polar surface area (TPSA) is 39.2 Å². The highest BCUT2D eigenvalue weighted by Crippen LogP contribution is 2.33. The van der Waals surface area contributed by atoms with Crippen LogP contribution < -0.4 is 0 Å². The first-order chi connectivity index (χ1) is 8.67. The minimum Gasteiger partial charge on any atom is -0.462 e. The van der Waals surface area contributed by atoms with Gasteiger partial charge < -0.3 is 4.74 Å². The monoisotopic (exact) mass is 247 g/mol. The van der Waals surface area contributed by atoms with Crippen LogP contribution in [-0.2, 0) is 11.2 Å². The van der Waals surface area contributed by atoms with Crippen LogP contribution in [-0.4, -0.2) is 17.6 Å². The second-order valence-electron chi connectivity index (χ2n) is 4.88. The Hall–Kier alpha value is -1.38. The van der Waals surface area contributed by atoms with Crippen molar-refractivity contribution in [1.82, 2.24) is 4.98 Å². The van der Waals surface area contributed by atoms with E-state index < -0.39 is 0 Å². The van der Waals surface area contributed by atoms with Crippen LogP contribution in [0, 0.1) is 6.92 Å². The third kappa shape index (κ3) is 2.40. The lowest BCUT2D eigenvalue weighted by Crippen LogP contribution is -2.16. The molecule has 0 aliphatic heterocycles. The van der Waals surface area contributed by atoms with E-state index in [1.165, 1.54) is 24.1 Å². The smallest absolute Gasteiger partial charge is 0.339 e. The summed E-state index contributed by atoms with van der Waals surface area (Å²) >= 11 is 0. The van der Waals surface area contributed by atoms with E-state index >= 15 is 0 Å². The minimum absolute atomic E-state index is 0.246. The van der Waals surface area contributed by atoms with Crippen molar-refractivity contribution in [2.45, 2.75) is 52.4 Å². The van der Waals surface area contributed by atoms with Crippen LogP contribution in [0.5, 0.6) is 0 Å². The van der Waals surface area contributed by atoms with E-state index in [1.807, 2.05) is 19.9 Å². The first-order valence-corrected chi connectivity index (χ1v) is 6.84. The highest BCUT2D eigenvalue weighted by Gasteiger charge is 2.23. The van der Waals surface area contributed by atoms with Crippen molar-refractivity contribution in [2.24, 2.45) is 0 Å². The molecule has 1 heterocycles. The van der Waals surface area contributed by atoms with Gasteiger partial charge in [-0.2, -0.15) is 0 Å². The molecule has 0 radical (unpaired) electrons. The molecule has 0 fully saturated rings. The second-order valence-corrected chi connectivity index (χ2v) is 4.88. The third-order valence-electron chi connectivity index (χ3n) is 3.70. The molecule has 2 rings (SSSR count). The number of carbonyl (C=O) groups is 1. The number of aryl methyl sites for hydroxylation is 2. The maximum atomic E-state index is 11.8. The summed E-state index contributed by atoms with van der Waals surface area (Å²) in [5, 5.41) is 0. The molecule has 3 nitrogen and oxygen atoms in total. The molecule has 1 aliphatic carbocycles. The zero-order valence-electron chi connectivity index (χ0n) is 11.5. The zero-order valence-corrected chi connectivity index (χ0v) is 11.5. The number of hydrogen-bond donors (Lipinski definition) is 0. The molecule has 0 saturated carbocycles. The normalized spacial score (nSPS) is 18.3. The van der Waals surface area contributed by atoms with Crippen molar-refractivity contribution < 1.29 is 9.53 Å². The fourth-order valence-corrected chi connectivity index (χ4v) is 2.71. The summed E-state index contributed by atoms with van der Waals surface area (Å²) < 4.78 is 5.07. The van der Waals surface area contributed by atoms with E-state index in [2.05, 4.69) is 11.9 Å². The standard InChI is InChI=1S/C15H21NO2/c1-4-11-7-6-8-12-9-13(15(17)18-5-2)10(3)16-14(11)12/h9,11H,4-8H2,1-3H3. The van der Waals surface area contributed by atoms with E-state index in [1.54, 1.807) is 0 Å². The molecule has 1 aromatic rings. The molecular formula is C15H21NO2. The van der Waals surface area contributed by atoms with Gasteiger partial charge in [0.1, 0.15) is 0 Å². The van der Waals surface area contributed by atoms with E-state index in [4.69, 9.17) is 4.74 Å². The number of pyridine rings is 1. The molecule has 1 aromatic heterocycles. The molecule has 98 valence electrons. The number of carbonyl (C=O) groups excluding carboxylic acids is 1. The van der Waals surface area contributed by atoms with Crippen molar-refractivity contribution in [3.05, 3.63) is 28.6 Å². The lowest BCUT2D eigenvalue weighted by Gasteiger charge is -2.24. The van der Waals surface area contributed by atoms with Crippen LogP contribution in [0.4, 0.5) is 0 Å². The molecule has 1 unspecified atom stereocenters. The number of ether oxygens (including phenoxy) is 1. The molecule has 1 atom stereocenters. The lowest BCUT2D eigenvalue weighted by molar-refractivity contribution is 0.0524. The molecule has 3 heteroatoms. The highest BCUT2D eigenvalue weighted by molar-refractivity contribution is 5.90. The largest absolute Gasteiger partial charge is 0.462 e. The van der Waals surface area contributed by atoms with Gasteiger partial charge in [0, 0.05) is 11.6 Å². The van der Waals surface area contributed by atoms with E-state index in [0.717, 1.165) is 18.5 Å². The number of esters is 1. The molecule has 0 N–H and O–H groups in total. The van der Waals surface area contributed by atoms with Gasteiger partial charge in [-0.25, -0.2) is 4.79 Å². The summed E-state index contributed by atoms with van der Waals surface area (Å²) in [6.07, 6.45) is 4.57. The summed E-state index contributed by atoms with van der Waals surface area (Å²) in [5.74, 6) is 0.313. The number of nitrogens with zero attached hydrogens (tertiary/aromatic N) is 1. The van der Waals surface area contributed by atoms with Crippen LogP contribution in [0.3, 0.4) is 0 Å². The predicted molar refractivity (Wildman–Crippen MR) is 70.9 cm³/mol. The van der Waals surface area contributed by atoms with Gasteiger partial charge in [0.15, 0.2) is 0 Å². The molecule has 1 aliphatic rings. The Morgan fingerprint density at radius 3 is 2.94 bits per heavy atom. The zero-order chi connectivity index (χ0) is 13.1. The van der Waals surface area contributed by atoms with Gasteiger partial charge in [-0.15, -0.1) is 0 Å². The lowest BCUT2D eigenvalue weighted by atomic mass is 9.84. The van der Waals surface area contributed by atoms with Gasteiger partial charge in [0.25, 0.3) is 0 Å². The van der Waals surface area contributed by atoms with Crippen LogP contribution in [0.1, 0.15) is 66.3 Å². The van der Waals surface area contributed by atoms with E-state index in [9.17, 15) is 4.79 Å². The Morgan fingerprint density at radius 2 is 2.28 bits per heavy atom. The Morgan fingerprint density at radius 1 is 1.50 bits per heavy atom. The van der Waals surface area contributed by atoms with Gasteiger partial charge in [0.2, 0.25) is 0 Å². The number of hydrogen-bond acceptors (Lipinski definition) is 3. The molecule has 0 aromatic carbocycles. The third-order valence-corrected chi connectivity index (χ3v) is 3.70. The van der Waals surface area contributed by atoms with Gasteiger partial charge in [-0.3, -0.25) is 4.98 Å². The number of rotatable bonds is 3. The van der Waals surface area contributed by atoms with Gasteiger partial charge in [0.05, 0.1) is 17.9 Å². The highest BCUT2D eigenvalue weighted by atomic mass is 16.5. The summed E-state index contributed by atoms with van der Waals surface area (Å²) in [6.45, 7) is 6.34. The predicted octanol–water partition coefficient (Wildman–Crippen LogP) is 3.40. The average Bonchev–Trinajstić information content (AvgIpc) is 2.37. The SMILES string of the molecule is CCOC(=O)c1cc2c(nc1C)C(CC)CCC2. The van der Waals surface area contributed by atoms with Crippen molar-refractivity contribution in [2.75, 3.05) is 6.61 Å². The van der Waals surface area contributed by atoms with E-state index in [-0.39, 0.29) is 5.97 Å². The molecule has 0 amide bonds. The Labute approximate surface area is 109 Å². The fraction of sp³-hybridized carbons (Fsp3) is 0.600. The first kappa shape index (κ1) is 13.1. The molecular weight excluding hydrogens is 226 g/mol. The molecule has 0 bridgehead atoms. The minimum atomic E-state index is -0.246. The Kier molecular flexibility index (Phi) is 4.00. The Balaban J connectivity index is 2.39. The van der Waals surface area contributed by atoms with Crippen LogP contribution in [0.2, 0.25) is 0 Å². The number of aromatic nitrogens is 1. The quantitative estimate of drug-likeness (QED) is 0.768. The first-order valence-electron chi connectivity index (χ1n) is 6.84. The van der Waals surface area contributed by atoms with Gasteiger partial charge in [-0.05, 0) is 51.2 Å². The summed E-state index contributed by atoms with van der Waals surface area (Å²) in [4.78, 5) is 16.5. The summed E-state index contributed by atoms with van der Waals surface area (Å²) in [6, 6.07) is 2.00. The van der Waals surface area contributed by atoms with Crippen molar-refractivity contribution in [3.8, 4) is 0 Å². The molecule has 18 heavy (non-hydrogen) atoms. The van der Waals surface area contributed by atoms with Gasteiger partial charge in [-0.1, -0.05) is 6.92 Å². The van der Waals surface area contributed by atoms with Crippen molar-refractivity contribution >= 4 is 5.97 Å². The van der Waals surface area contributed by atoms with Crippen molar-refractivity contribution in [1.29, 1.82) is 0 Å². The molecule has 0 spiro atoms. The summed E-state index contributed by atoms with van der Waals surface area (Å²) in [7, 11) is 0. The van der Waals surface area contributed by atoms with Crippen molar-refractivity contribution in [3.63, 3.8) is 0 Å².